The van der Waals surface area contributed by atoms with Crippen molar-refractivity contribution in [2.75, 3.05) is 22.7 Å². The molecule has 6 nitrogen and oxygen atoms in total. The quantitative estimate of drug-likeness (QED) is 0.757. The van der Waals surface area contributed by atoms with E-state index in [0.29, 0.717) is 17.2 Å². The highest BCUT2D eigenvalue weighted by Crippen LogP contribution is 2.30. The van der Waals surface area contributed by atoms with Crippen LogP contribution in [0.3, 0.4) is 0 Å². The first kappa shape index (κ1) is 21.2. The fourth-order valence-corrected chi connectivity index (χ4v) is 5.09. The number of hydrogen-bond donors (Lipinski definition) is 2. The van der Waals surface area contributed by atoms with Crippen LogP contribution in [0.25, 0.3) is 0 Å². The van der Waals surface area contributed by atoms with Gasteiger partial charge in [0.25, 0.3) is 10.0 Å². The van der Waals surface area contributed by atoms with Gasteiger partial charge in [-0.1, -0.05) is 13.0 Å². The van der Waals surface area contributed by atoms with Gasteiger partial charge in [0.05, 0.1) is 16.1 Å². The highest BCUT2D eigenvalue weighted by atomic mass is 32.2. The van der Waals surface area contributed by atoms with Crippen LogP contribution in [-0.2, 0) is 10.0 Å². The van der Waals surface area contributed by atoms with Gasteiger partial charge in [-0.3, -0.25) is 4.72 Å². The number of hydrogen-bond acceptors (Lipinski definition) is 4. The molecule has 0 aliphatic carbocycles. The Morgan fingerprint density at radius 2 is 1.66 bits per heavy atom. The molecule has 29 heavy (non-hydrogen) atoms. The summed E-state index contributed by atoms with van der Waals surface area (Å²) in [6, 6.07) is 8.23. The number of carboxylic acids is 1. The Hall–Kier alpha value is -2.54. The third kappa shape index (κ3) is 4.56. The Labute approximate surface area is 172 Å². The average molecular weight is 417 g/mol. The maximum atomic E-state index is 12.9. The summed E-state index contributed by atoms with van der Waals surface area (Å²) in [7, 11) is -3.83. The molecule has 0 spiro atoms. The van der Waals surface area contributed by atoms with Crippen molar-refractivity contribution in [3.05, 3.63) is 52.6 Å². The van der Waals surface area contributed by atoms with Crippen LogP contribution in [0, 0.1) is 26.7 Å². The maximum absolute atomic E-state index is 12.9. The summed E-state index contributed by atoms with van der Waals surface area (Å²) < 4.78 is 28.4. The SMILES string of the molecule is Cc1cc(C)c(S(=O)(=O)Nc2ccc(N3CCC(C)CC3)c(C(=O)O)c2)cc1C. The maximum Gasteiger partial charge on any atom is 0.337 e. The predicted octanol–water partition coefficient (Wildman–Crippen LogP) is 4.35. The molecular formula is C22H28N2O4S. The van der Waals surface area contributed by atoms with Crippen molar-refractivity contribution in [1.29, 1.82) is 0 Å². The molecule has 2 aromatic carbocycles. The lowest BCUT2D eigenvalue weighted by Crippen LogP contribution is -2.33. The molecule has 3 rings (SSSR count). The van der Waals surface area contributed by atoms with Gasteiger partial charge >= 0.3 is 5.97 Å². The second-order valence-electron chi connectivity index (χ2n) is 8.01. The van der Waals surface area contributed by atoms with E-state index in [9.17, 15) is 18.3 Å². The molecule has 0 unspecified atom stereocenters. The third-order valence-corrected chi connectivity index (χ3v) is 7.21. The lowest BCUT2D eigenvalue weighted by molar-refractivity contribution is 0.0697. The molecule has 0 atom stereocenters. The fourth-order valence-electron chi connectivity index (χ4n) is 3.73. The van der Waals surface area contributed by atoms with Crippen molar-refractivity contribution < 1.29 is 18.3 Å². The molecular weight excluding hydrogens is 388 g/mol. The second-order valence-corrected chi connectivity index (χ2v) is 9.66. The Morgan fingerprint density at radius 3 is 2.28 bits per heavy atom. The number of sulfonamides is 1. The molecule has 0 aromatic heterocycles. The zero-order chi connectivity index (χ0) is 21.3. The largest absolute Gasteiger partial charge is 0.478 e. The van der Waals surface area contributed by atoms with Crippen molar-refractivity contribution in [2.45, 2.75) is 45.4 Å². The Morgan fingerprint density at radius 1 is 1.03 bits per heavy atom. The van der Waals surface area contributed by atoms with E-state index in [4.69, 9.17) is 0 Å². The van der Waals surface area contributed by atoms with Gasteiger partial charge in [0, 0.05) is 18.8 Å². The highest BCUT2D eigenvalue weighted by molar-refractivity contribution is 7.92. The molecule has 1 fully saturated rings. The van der Waals surface area contributed by atoms with Crippen molar-refractivity contribution in [1.82, 2.24) is 0 Å². The van der Waals surface area contributed by atoms with E-state index in [-0.39, 0.29) is 16.1 Å². The molecule has 156 valence electrons. The number of carboxylic acid groups (broad SMARTS) is 1. The first-order chi connectivity index (χ1) is 13.6. The predicted molar refractivity (Wildman–Crippen MR) is 115 cm³/mol. The fraction of sp³-hybridized carbons (Fsp3) is 0.409. The number of aromatic carboxylic acids is 1. The molecule has 1 aliphatic rings. The van der Waals surface area contributed by atoms with E-state index in [0.717, 1.165) is 37.1 Å². The first-order valence-corrected chi connectivity index (χ1v) is 11.3. The van der Waals surface area contributed by atoms with Crippen LogP contribution < -0.4 is 9.62 Å². The van der Waals surface area contributed by atoms with E-state index in [1.54, 1.807) is 25.1 Å². The number of benzene rings is 2. The highest BCUT2D eigenvalue weighted by Gasteiger charge is 2.23. The minimum Gasteiger partial charge on any atom is -0.478 e. The summed E-state index contributed by atoms with van der Waals surface area (Å²) in [5, 5.41) is 9.70. The Kier molecular flexibility index (Phi) is 5.89. The lowest BCUT2D eigenvalue weighted by Gasteiger charge is -2.33. The number of nitrogens with one attached hydrogen (secondary N) is 1. The monoisotopic (exact) mass is 416 g/mol. The minimum absolute atomic E-state index is 0.108. The number of piperidine rings is 1. The first-order valence-electron chi connectivity index (χ1n) is 9.81. The summed E-state index contributed by atoms with van der Waals surface area (Å²) >= 11 is 0. The van der Waals surface area contributed by atoms with E-state index in [2.05, 4.69) is 16.5 Å². The van der Waals surface area contributed by atoms with Crippen LogP contribution in [0.15, 0.2) is 35.2 Å². The normalized spacial score (nSPS) is 15.4. The van der Waals surface area contributed by atoms with Crippen LogP contribution in [-0.4, -0.2) is 32.6 Å². The van der Waals surface area contributed by atoms with E-state index in [1.807, 2.05) is 19.9 Å². The van der Waals surface area contributed by atoms with Gasteiger partial charge in [-0.2, -0.15) is 0 Å². The molecule has 0 amide bonds. The van der Waals surface area contributed by atoms with Crippen LogP contribution in [0.2, 0.25) is 0 Å². The third-order valence-electron chi connectivity index (χ3n) is 5.68. The molecule has 2 N–H and O–H groups in total. The van der Waals surface area contributed by atoms with E-state index >= 15 is 0 Å². The number of rotatable bonds is 5. The van der Waals surface area contributed by atoms with Crippen molar-refractivity contribution in [2.24, 2.45) is 5.92 Å². The molecule has 7 heteroatoms. The minimum atomic E-state index is -3.83. The number of aryl methyl sites for hydroxylation is 3. The Bertz CT molecular complexity index is 1040. The smallest absolute Gasteiger partial charge is 0.337 e. The molecule has 0 saturated carbocycles. The zero-order valence-corrected chi connectivity index (χ0v) is 18.1. The van der Waals surface area contributed by atoms with Crippen LogP contribution in [0.4, 0.5) is 11.4 Å². The van der Waals surface area contributed by atoms with Crippen LogP contribution in [0.5, 0.6) is 0 Å². The van der Waals surface area contributed by atoms with Gasteiger partial charge in [-0.15, -0.1) is 0 Å². The molecule has 1 saturated heterocycles. The molecule has 1 aliphatic heterocycles. The summed E-state index contributed by atoms with van der Waals surface area (Å²) in [4.78, 5) is 14.1. The second kappa shape index (κ2) is 8.06. The molecule has 0 bridgehead atoms. The summed E-state index contributed by atoms with van der Waals surface area (Å²) in [5.74, 6) is -0.436. The van der Waals surface area contributed by atoms with E-state index < -0.39 is 16.0 Å². The zero-order valence-electron chi connectivity index (χ0n) is 17.3. The molecule has 0 radical (unpaired) electrons. The van der Waals surface area contributed by atoms with Crippen LogP contribution in [0.1, 0.15) is 46.8 Å². The average Bonchev–Trinajstić information content (AvgIpc) is 2.65. The molecule has 2 aromatic rings. The number of anilines is 2. The van der Waals surface area contributed by atoms with Crippen LogP contribution >= 0.6 is 0 Å². The summed E-state index contributed by atoms with van der Waals surface area (Å²) in [6.07, 6.45) is 2.03. The van der Waals surface area contributed by atoms with Crippen molar-refractivity contribution in [3.63, 3.8) is 0 Å². The van der Waals surface area contributed by atoms with Crippen molar-refractivity contribution >= 4 is 27.4 Å². The topological polar surface area (TPSA) is 86.7 Å². The van der Waals surface area contributed by atoms with Gasteiger partial charge in [0.2, 0.25) is 0 Å². The summed E-state index contributed by atoms with van der Waals surface area (Å²) in [6.45, 7) is 9.35. The van der Waals surface area contributed by atoms with Gasteiger partial charge in [0.1, 0.15) is 0 Å². The van der Waals surface area contributed by atoms with Gasteiger partial charge in [0.15, 0.2) is 0 Å². The number of carbonyl (C=O) groups is 1. The Balaban J connectivity index is 1.93. The van der Waals surface area contributed by atoms with Gasteiger partial charge in [-0.25, -0.2) is 13.2 Å². The van der Waals surface area contributed by atoms with E-state index in [1.165, 1.54) is 6.07 Å². The lowest BCUT2D eigenvalue weighted by atomic mass is 9.98. The van der Waals surface area contributed by atoms with Gasteiger partial charge < -0.3 is 10.0 Å². The van der Waals surface area contributed by atoms with Gasteiger partial charge in [-0.05, 0) is 80.5 Å². The molecule has 1 heterocycles. The van der Waals surface area contributed by atoms with Crippen molar-refractivity contribution in [3.8, 4) is 0 Å². The number of nitrogens with zero attached hydrogens (tertiary/aromatic N) is 1. The standard InChI is InChI=1S/C22H28N2O4S/c1-14-7-9-24(10-8-14)20-6-5-18(13-19(20)22(25)26)23-29(27,28)21-12-16(3)15(2)11-17(21)4/h5-6,11-14,23H,7-10H2,1-4H3,(H,25,26). The summed E-state index contributed by atoms with van der Waals surface area (Å²) in [5.41, 5.74) is 3.55.